The van der Waals surface area contributed by atoms with Crippen molar-refractivity contribution in [3.8, 4) is 0 Å². The van der Waals surface area contributed by atoms with Crippen LogP contribution in [-0.2, 0) is 20.7 Å². The Morgan fingerprint density at radius 1 is 1.34 bits per heavy atom. The fourth-order valence-corrected chi connectivity index (χ4v) is 4.72. The van der Waals surface area contributed by atoms with Crippen molar-refractivity contribution in [3.63, 3.8) is 0 Å². The predicted molar refractivity (Wildman–Crippen MR) is 137 cm³/mol. The number of carbonyl (C=O) groups is 1. The molecule has 1 N–H and O–H groups in total. The Bertz CT molecular complexity index is 1030. The molecule has 0 amide bonds. The minimum absolute atomic E-state index is 0.131. The zero-order chi connectivity index (χ0) is 25.4. The maximum atomic E-state index is 13.8. The molecule has 0 saturated carbocycles. The van der Waals surface area contributed by atoms with Crippen LogP contribution in [0.4, 0.5) is 4.39 Å². The summed E-state index contributed by atoms with van der Waals surface area (Å²) in [5.74, 6) is -0.782. The number of likely N-dealkylation sites (tertiary alicyclic amines) is 1. The number of rotatable bonds is 11. The second kappa shape index (κ2) is 13.2. The molecule has 0 unspecified atom stereocenters. The van der Waals surface area contributed by atoms with Crippen molar-refractivity contribution in [3.05, 3.63) is 75.6 Å². The zero-order valence-corrected chi connectivity index (χ0v) is 21.4. The van der Waals surface area contributed by atoms with Crippen LogP contribution in [0.1, 0.15) is 55.0 Å². The topological polar surface area (TPSA) is 59.0 Å². The number of ether oxygens (including phenoxy) is 2. The van der Waals surface area contributed by atoms with Gasteiger partial charge in [-0.15, -0.1) is 0 Å². The van der Waals surface area contributed by atoms with E-state index in [1.807, 2.05) is 38.1 Å². The van der Waals surface area contributed by atoms with Gasteiger partial charge in [-0.25, -0.2) is 9.18 Å². The van der Waals surface area contributed by atoms with E-state index in [0.29, 0.717) is 13.2 Å². The normalized spacial score (nSPS) is 18.2. The van der Waals surface area contributed by atoms with Crippen LogP contribution in [0.15, 0.2) is 42.5 Å². The van der Waals surface area contributed by atoms with Crippen LogP contribution >= 0.6 is 11.6 Å². The number of halogens is 2. The first-order valence-electron chi connectivity index (χ1n) is 12.2. The van der Waals surface area contributed by atoms with Crippen LogP contribution in [-0.4, -0.2) is 54.4 Å². The Morgan fingerprint density at radius 2 is 2.14 bits per heavy atom. The molecule has 190 valence electrons. The molecule has 1 saturated heterocycles. The number of β-amino-alcohol motifs (C(OH)–C–C–N with tert-alkyl or cyclic N) is 1. The summed E-state index contributed by atoms with van der Waals surface area (Å²) in [7, 11) is 0. The third-order valence-corrected chi connectivity index (χ3v) is 6.71. The van der Waals surface area contributed by atoms with E-state index in [0.717, 1.165) is 48.1 Å². The molecule has 1 aliphatic rings. The quantitative estimate of drug-likeness (QED) is 0.323. The first-order chi connectivity index (χ1) is 16.8. The molecule has 5 nitrogen and oxygen atoms in total. The van der Waals surface area contributed by atoms with Crippen molar-refractivity contribution in [2.24, 2.45) is 0 Å². The minimum Gasteiger partial charge on any atom is -0.463 e. The van der Waals surface area contributed by atoms with E-state index in [-0.39, 0.29) is 29.7 Å². The predicted octanol–water partition coefficient (Wildman–Crippen LogP) is 5.51. The molecule has 0 bridgehead atoms. The van der Waals surface area contributed by atoms with Gasteiger partial charge in [0.25, 0.3) is 0 Å². The van der Waals surface area contributed by atoms with Gasteiger partial charge in [-0.2, -0.15) is 0 Å². The molecule has 1 fully saturated rings. The molecule has 0 aliphatic carbocycles. The Kier molecular flexibility index (Phi) is 10.3. The number of aliphatic hydroxyl groups is 1. The van der Waals surface area contributed by atoms with Crippen LogP contribution < -0.4 is 0 Å². The summed E-state index contributed by atoms with van der Waals surface area (Å²) in [6.07, 6.45) is 5.04. The number of aliphatic hydroxyl groups excluding tert-OH is 1. The SMILES string of the molecule is CCOC(=O)C=Cc1c(C)cccc1[C@@H](C)OC[C@H](O)CN1CCC[C@H]1Cc1ccc(Cl)c(F)c1. The van der Waals surface area contributed by atoms with Crippen LogP contribution in [0.25, 0.3) is 6.08 Å². The molecular formula is C28H35ClFNO4. The molecule has 2 aromatic rings. The minimum atomic E-state index is -0.650. The maximum Gasteiger partial charge on any atom is 0.330 e. The van der Waals surface area contributed by atoms with E-state index in [9.17, 15) is 14.3 Å². The van der Waals surface area contributed by atoms with Crippen LogP contribution in [0.5, 0.6) is 0 Å². The van der Waals surface area contributed by atoms with Gasteiger partial charge in [0.2, 0.25) is 0 Å². The van der Waals surface area contributed by atoms with Gasteiger partial charge in [0.15, 0.2) is 0 Å². The van der Waals surface area contributed by atoms with Gasteiger partial charge in [0, 0.05) is 18.7 Å². The monoisotopic (exact) mass is 503 g/mol. The molecule has 1 aliphatic heterocycles. The largest absolute Gasteiger partial charge is 0.463 e. The lowest BCUT2D eigenvalue weighted by molar-refractivity contribution is -0.137. The summed E-state index contributed by atoms with van der Waals surface area (Å²) < 4.78 is 24.8. The Hall–Kier alpha value is -2.25. The van der Waals surface area contributed by atoms with Crippen molar-refractivity contribution in [1.82, 2.24) is 4.90 Å². The average Bonchev–Trinajstić information content (AvgIpc) is 3.25. The Labute approximate surface area is 212 Å². The number of carbonyl (C=O) groups excluding carboxylic acids is 1. The van der Waals surface area contributed by atoms with Crippen LogP contribution in [0, 0.1) is 12.7 Å². The third-order valence-electron chi connectivity index (χ3n) is 6.41. The summed E-state index contributed by atoms with van der Waals surface area (Å²) in [4.78, 5) is 14.0. The molecule has 7 heteroatoms. The lowest BCUT2D eigenvalue weighted by Gasteiger charge is -2.27. The first kappa shape index (κ1) is 27.3. The fourth-order valence-electron chi connectivity index (χ4n) is 4.60. The summed E-state index contributed by atoms with van der Waals surface area (Å²) >= 11 is 5.81. The Balaban J connectivity index is 1.56. The van der Waals surface area contributed by atoms with Crippen LogP contribution in [0.3, 0.4) is 0 Å². The van der Waals surface area contributed by atoms with E-state index in [1.165, 1.54) is 12.1 Å². The van der Waals surface area contributed by atoms with E-state index in [1.54, 1.807) is 19.1 Å². The average molecular weight is 504 g/mol. The highest BCUT2D eigenvalue weighted by molar-refractivity contribution is 6.30. The van der Waals surface area contributed by atoms with E-state index in [4.69, 9.17) is 21.1 Å². The van der Waals surface area contributed by atoms with E-state index < -0.39 is 11.9 Å². The van der Waals surface area contributed by atoms with Crippen molar-refractivity contribution >= 4 is 23.6 Å². The van der Waals surface area contributed by atoms with Gasteiger partial charge >= 0.3 is 5.97 Å². The highest BCUT2D eigenvalue weighted by Crippen LogP contribution is 2.27. The van der Waals surface area contributed by atoms with E-state index >= 15 is 0 Å². The number of esters is 1. The number of hydrogen-bond acceptors (Lipinski definition) is 5. The molecule has 3 atom stereocenters. The van der Waals surface area contributed by atoms with E-state index in [2.05, 4.69) is 4.90 Å². The highest BCUT2D eigenvalue weighted by Gasteiger charge is 2.27. The summed E-state index contributed by atoms with van der Waals surface area (Å²) in [5, 5.41) is 10.8. The number of hydrogen-bond donors (Lipinski definition) is 1. The van der Waals surface area contributed by atoms with Gasteiger partial charge in [0.1, 0.15) is 5.82 Å². The van der Waals surface area contributed by atoms with Gasteiger partial charge < -0.3 is 14.6 Å². The molecule has 1 heterocycles. The zero-order valence-electron chi connectivity index (χ0n) is 20.7. The van der Waals surface area contributed by atoms with Crippen molar-refractivity contribution < 1.29 is 23.8 Å². The first-order valence-corrected chi connectivity index (χ1v) is 12.6. The fraction of sp³-hybridized carbons (Fsp3) is 0.464. The third kappa shape index (κ3) is 7.87. The highest BCUT2D eigenvalue weighted by atomic mass is 35.5. The molecule has 3 rings (SSSR count). The smallest absolute Gasteiger partial charge is 0.330 e. The van der Waals surface area contributed by atoms with Crippen molar-refractivity contribution in [2.75, 3.05) is 26.3 Å². The van der Waals surface area contributed by atoms with Gasteiger partial charge in [-0.1, -0.05) is 35.9 Å². The number of benzene rings is 2. The van der Waals surface area contributed by atoms with Crippen molar-refractivity contribution in [1.29, 1.82) is 0 Å². The number of nitrogens with zero attached hydrogens (tertiary/aromatic N) is 1. The molecule has 35 heavy (non-hydrogen) atoms. The molecule has 2 aromatic carbocycles. The molecule has 0 aromatic heterocycles. The number of aryl methyl sites for hydroxylation is 1. The standard InChI is InChI=1S/C28H35ClFNO4/c1-4-34-28(33)13-11-24-19(2)7-5-9-25(24)20(3)35-18-23(32)17-31-14-6-8-22(31)15-21-10-12-26(29)27(30)16-21/h5,7,9-13,16,20,22-23,32H,4,6,8,14-15,17-18H2,1-3H3/t20-,22+,23-/m1/s1. The molecule has 0 spiro atoms. The van der Waals surface area contributed by atoms with Gasteiger partial charge in [-0.05, 0) is 87.0 Å². The second-order valence-electron chi connectivity index (χ2n) is 9.04. The van der Waals surface area contributed by atoms with Gasteiger partial charge in [0.05, 0.1) is 30.4 Å². The summed E-state index contributed by atoms with van der Waals surface area (Å²) in [5.41, 5.74) is 3.79. The van der Waals surface area contributed by atoms with Crippen LogP contribution in [0.2, 0.25) is 5.02 Å². The van der Waals surface area contributed by atoms with Crippen molar-refractivity contribution in [2.45, 2.75) is 58.3 Å². The molecular weight excluding hydrogens is 469 g/mol. The lowest BCUT2D eigenvalue weighted by atomic mass is 9.98. The van der Waals surface area contributed by atoms with Gasteiger partial charge in [-0.3, -0.25) is 4.90 Å². The second-order valence-corrected chi connectivity index (χ2v) is 9.44. The summed E-state index contributed by atoms with van der Waals surface area (Å²) in [6.45, 7) is 7.61. The summed E-state index contributed by atoms with van der Waals surface area (Å²) in [6, 6.07) is 11.1. The Morgan fingerprint density at radius 3 is 2.89 bits per heavy atom. The maximum absolute atomic E-state index is 13.8. The lowest BCUT2D eigenvalue weighted by Crippen LogP contribution is -2.39. The molecule has 0 radical (unpaired) electrons.